The van der Waals surface area contributed by atoms with Crippen molar-refractivity contribution in [3.8, 4) is 0 Å². The molecule has 2 aromatic rings. The van der Waals surface area contributed by atoms with Gasteiger partial charge in [-0.2, -0.15) is 0 Å². The van der Waals surface area contributed by atoms with Crippen LogP contribution in [0.1, 0.15) is 49.1 Å². The van der Waals surface area contributed by atoms with Crippen molar-refractivity contribution in [2.75, 3.05) is 7.05 Å². The number of aryl methyl sites for hydroxylation is 1. The highest BCUT2D eigenvalue weighted by molar-refractivity contribution is 7.05. The van der Waals surface area contributed by atoms with Crippen molar-refractivity contribution < 1.29 is 0 Å². The van der Waals surface area contributed by atoms with Gasteiger partial charge in [-0.1, -0.05) is 18.3 Å². The van der Waals surface area contributed by atoms with Crippen LogP contribution in [0.4, 0.5) is 0 Å². The largest absolute Gasteiger partial charge is 0.335 e. The van der Waals surface area contributed by atoms with Gasteiger partial charge < -0.3 is 9.88 Å². The minimum atomic E-state index is 0.227. The number of nitrogens with one attached hydrogen (secondary N) is 1. The molecule has 104 valence electrons. The zero-order chi connectivity index (χ0) is 13.8. The lowest BCUT2D eigenvalue weighted by atomic mass is 10.0. The number of aromatic nitrogens is 4. The Labute approximate surface area is 118 Å². The van der Waals surface area contributed by atoms with Gasteiger partial charge in [-0.3, -0.25) is 0 Å². The summed E-state index contributed by atoms with van der Waals surface area (Å²) in [6, 6.07) is 0.227. The monoisotopic (exact) mass is 279 g/mol. The van der Waals surface area contributed by atoms with Gasteiger partial charge in [0.05, 0.1) is 16.6 Å². The van der Waals surface area contributed by atoms with Crippen LogP contribution in [0.15, 0.2) is 12.4 Å². The number of nitrogens with zero attached hydrogens (tertiary/aromatic N) is 4. The average Bonchev–Trinajstić information content (AvgIpc) is 3.04. The van der Waals surface area contributed by atoms with Crippen LogP contribution in [-0.4, -0.2) is 26.2 Å². The molecule has 0 amide bonds. The fourth-order valence-corrected chi connectivity index (χ4v) is 3.09. The molecule has 0 saturated carbocycles. The maximum atomic E-state index is 4.45. The quantitative estimate of drug-likeness (QED) is 0.882. The lowest BCUT2D eigenvalue weighted by molar-refractivity contribution is 0.552. The zero-order valence-corrected chi connectivity index (χ0v) is 12.7. The first-order valence-corrected chi connectivity index (χ1v) is 7.44. The van der Waals surface area contributed by atoms with E-state index in [9.17, 15) is 0 Å². The summed E-state index contributed by atoms with van der Waals surface area (Å²) in [6.07, 6.45) is 4.75. The van der Waals surface area contributed by atoms with Crippen LogP contribution in [0.3, 0.4) is 0 Å². The summed E-state index contributed by atoms with van der Waals surface area (Å²) in [6.45, 7) is 7.39. The Morgan fingerprint density at radius 2 is 2.21 bits per heavy atom. The Hall–Kier alpha value is -1.27. The molecule has 0 bridgehead atoms. The van der Waals surface area contributed by atoms with Gasteiger partial charge in [0.1, 0.15) is 5.82 Å². The molecule has 19 heavy (non-hydrogen) atoms. The molecule has 1 N–H and O–H groups in total. The maximum Gasteiger partial charge on any atom is 0.110 e. The molecule has 0 saturated heterocycles. The maximum absolute atomic E-state index is 4.45. The minimum absolute atomic E-state index is 0.227. The van der Waals surface area contributed by atoms with Crippen molar-refractivity contribution in [1.29, 1.82) is 0 Å². The van der Waals surface area contributed by atoms with Crippen LogP contribution in [0.2, 0.25) is 0 Å². The van der Waals surface area contributed by atoms with Gasteiger partial charge in [0, 0.05) is 25.4 Å². The van der Waals surface area contributed by atoms with Gasteiger partial charge in [0.15, 0.2) is 0 Å². The van der Waals surface area contributed by atoms with E-state index in [4.69, 9.17) is 0 Å². The highest BCUT2D eigenvalue weighted by atomic mass is 32.1. The Kier molecular flexibility index (Phi) is 4.66. The first kappa shape index (κ1) is 14.1. The average molecular weight is 279 g/mol. The number of hydrogen-bond donors (Lipinski definition) is 1. The molecule has 6 heteroatoms. The van der Waals surface area contributed by atoms with Crippen molar-refractivity contribution in [2.45, 2.75) is 45.7 Å². The normalized spacial score (nSPS) is 13.1. The van der Waals surface area contributed by atoms with Crippen molar-refractivity contribution in [3.63, 3.8) is 0 Å². The highest BCUT2D eigenvalue weighted by Gasteiger charge is 2.21. The molecule has 0 aromatic carbocycles. The first-order chi connectivity index (χ1) is 9.17. The molecule has 2 rings (SSSR count). The molecule has 2 aromatic heterocycles. The first-order valence-electron chi connectivity index (χ1n) is 6.66. The number of rotatable bonds is 6. The van der Waals surface area contributed by atoms with E-state index in [1.54, 1.807) is 0 Å². The molecule has 1 unspecified atom stereocenters. The van der Waals surface area contributed by atoms with E-state index in [1.807, 2.05) is 19.4 Å². The Morgan fingerprint density at radius 1 is 1.42 bits per heavy atom. The van der Waals surface area contributed by atoms with Gasteiger partial charge in [-0.25, -0.2) is 4.98 Å². The third-order valence-corrected chi connectivity index (χ3v) is 4.13. The predicted octanol–water partition coefficient (Wildman–Crippen LogP) is 2.38. The summed E-state index contributed by atoms with van der Waals surface area (Å²) in [5.41, 5.74) is 1.10. The summed E-state index contributed by atoms with van der Waals surface area (Å²) < 4.78 is 6.28. The van der Waals surface area contributed by atoms with Crippen molar-refractivity contribution in [1.82, 2.24) is 24.5 Å². The van der Waals surface area contributed by atoms with E-state index in [-0.39, 0.29) is 6.04 Å². The number of imidazole rings is 1. The molecule has 0 aliphatic rings. The molecule has 5 nitrogen and oxygen atoms in total. The van der Waals surface area contributed by atoms with Gasteiger partial charge in [-0.15, -0.1) is 5.10 Å². The van der Waals surface area contributed by atoms with E-state index in [0.717, 1.165) is 24.5 Å². The second-order valence-electron chi connectivity index (χ2n) is 4.85. The minimum Gasteiger partial charge on any atom is -0.335 e. The molecule has 0 aliphatic heterocycles. The van der Waals surface area contributed by atoms with Crippen LogP contribution in [-0.2, 0) is 13.0 Å². The van der Waals surface area contributed by atoms with Crippen molar-refractivity contribution in [2.24, 2.45) is 0 Å². The fraction of sp³-hybridized carbons (Fsp3) is 0.615. The Bertz CT molecular complexity index is 517. The van der Waals surface area contributed by atoms with E-state index in [0.29, 0.717) is 5.92 Å². The van der Waals surface area contributed by atoms with Crippen LogP contribution >= 0.6 is 11.5 Å². The van der Waals surface area contributed by atoms with E-state index in [1.165, 1.54) is 16.4 Å². The Balaban J connectivity index is 2.23. The second kappa shape index (κ2) is 6.25. The SMILES string of the molecule is CCn1ccnc1CC(NC)c1snnc1C(C)C. The summed E-state index contributed by atoms with van der Waals surface area (Å²) in [5, 5.41) is 7.62. The van der Waals surface area contributed by atoms with Gasteiger partial charge in [0.25, 0.3) is 0 Å². The summed E-state index contributed by atoms with van der Waals surface area (Å²) in [4.78, 5) is 5.67. The molecular formula is C13H21N5S. The van der Waals surface area contributed by atoms with Gasteiger partial charge in [0.2, 0.25) is 0 Å². The number of hydrogen-bond acceptors (Lipinski definition) is 5. The molecule has 2 heterocycles. The van der Waals surface area contributed by atoms with Crippen LogP contribution in [0.25, 0.3) is 0 Å². The molecule has 0 fully saturated rings. The van der Waals surface area contributed by atoms with Gasteiger partial charge in [-0.05, 0) is 31.4 Å². The third-order valence-electron chi connectivity index (χ3n) is 3.28. The van der Waals surface area contributed by atoms with E-state index < -0.39 is 0 Å². The van der Waals surface area contributed by atoms with Crippen molar-refractivity contribution in [3.05, 3.63) is 28.8 Å². The van der Waals surface area contributed by atoms with Crippen LogP contribution < -0.4 is 5.32 Å². The van der Waals surface area contributed by atoms with E-state index >= 15 is 0 Å². The van der Waals surface area contributed by atoms with Crippen molar-refractivity contribution >= 4 is 11.5 Å². The summed E-state index contributed by atoms with van der Waals surface area (Å²) >= 11 is 1.49. The summed E-state index contributed by atoms with van der Waals surface area (Å²) in [5.74, 6) is 1.50. The van der Waals surface area contributed by atoms with Crippen LogP contribution in [0, 0.1) is 0 Å². The topological polar surface area (TPSA) is 55.6 Å². The third kappa shape index (κ3) is 3.01. The zero-order valence-electron chi connectivity index (χ0n) is 11.9. The molecule has 0 spiro atoms. The molecular weight excluding hydrogens is 258 g/mol. The summed E-state index contributed by atoms with van der Waals surface area (Å²) in [7, 11) is 1.98. The molecule has 1 atom stereocenters. The fourth-order valence-electron chi connectivity index (χ4n) is 2.17. The highest BCUT2D eigenvalue weighted by Crippen LogP contribution is 2.28. The lowest BCUT2D eigenvalue weighted by Crippen LogP contribution is -2.21. The second-order valence-corrected chi connectivity index (χ2v) is 5.64. The smallest absolute Gasteiger partial charge is 0.110 e. The van der Waals surface area contributed by atoms with Crippen LogP contribution in [0.5, 0.6) is 0 Å². The Morgan fingerprint density at radius 3 is 2.84 bits per heavy atom. The number of likely N-dealkylation sites (N-methyl/N-ethyl adjacent to an activating group) is 1. The predicted molar refractivity (Wildman–Crippen MR) is 77.4 cm³/mol. The lowest BCUT2D eigenvalue weighted by Gasteiger charge is -2.16. The standard InChI is InChI=1S/C13H21N5S/c1-5-18-7-6-15-11(18)8-10(14-4)13-12(9(2)3)16-17-19-13/h6-7,9-10,14H,5,8H2,1-4H3. The van der Waals surface area contributed by atoms with E-state index in [2.05, 4.69) is 45.2 Å². The van der Waals surface area contributed by atoms with Gasteiger partial charge >= 0.3 is 0 Å². The molecule has 0 radical (unpaired) electrons. The molecule has 0 aliphatic carbocycles.